The second-order valence-electron chi connectivity index (χ2n) is 7.94. The van der Waals surface area contributed by atoms with Crippen LogP contribution in [0.15, 0.2) is 53.6 Å². The molecule has 0 atom stereocenters. The van der Waals surface area contributed by atoms with Gasteiger partial charge in [-0.25, -0.2) is 13.8 Å². The van der Waals surface area contributed by atoms with Crippen LogP contribution in [-0.2, 0) is 14.8 Å². The Balaban J connectivity index is 1.76. The number of halogens is 1. The Hall–Kier alpha value is -3.10. The number of aromatic nitrogens is 1. The van der Waals surface area contributed by atoms with Crippen molar-refractivity contribution in [2.75, 3.05) is 17.1 Å². The SMILES string of the molecule is Cc1ccc(N(CC(=O)N/N=C\c2cc(C)n(-c3ccccc3Cl)c2C)S(C)(=O)=O)cc1C. The van der Waals surface area contributed by atoms with Gasteiger partial charge < -0.3 is 4.57 Å². The van der Waals surface area contributed by atoms with Gasteiger partial charge in [0.1, 0.15) is 6.54 Å². The number of hydrazone groups is 1. The van der Waals surface area contributed by atoms with Gasteiger partial charge in [-0.1, -0.05) is 29.8 Å². The Morgan fingerprint density at radius 2 is 1.79 bits per heavy atom. The molecule has 0 unspecified atom stereocenters. The molecule has 7 nitrogen and oxygen atoms in total. The molecule has 0 spiro atoms. The van der Waals surface area contributed by atoms with Crippen LogP contribution in [0, 0.1) is 27.7 Å². The molecule has 0 saturated heterocycles. The van der Waals surface area contributed by atoms with Gasteiger partial charge in [-0.3, -0.25) is 9.10 Å². The highest BCUT2D eigenvalue weighted by Gasteiger charge is 2.21. The molecule has 1 aromatic heterocycles. The first-order valence-corrected chi connectivity index (χ1v) is 12.5. The molecule has 0 aliphatic rings. The maximum atomic E-state index is 12.5. The lowest BCUT2D eigenvalue weighted by Crippen LogP contribution is -2.39. The highest BCUT2D eigenvalue weighted by Crippen LogP contribution is 2.25. The molecule has 0 aliphatic heterocycles. The van der Waals surface area contributed by atoms with E-state index < -0.39 is 15.9 Å². The lowest BCUT2D eigenvalue weighted by Gasteiger charge is -2.22. The third-order valence-electron chi connectivity index (χ3n) is 5.42. The number of carbonyl (C=O) groups is 1. The quantitative estimate of drug-likeness (QED) is 0.399. The van der Waals surface area contributed by atoms with Crippen LogP contribution in [0.25, 0.3) is 5.69 Å². The Morgan fingerprint density at radius 3 is 2.42 bits per heavy atom. The van der Waals surface area contributed by atoms with E-state index in [9.17, 15) is 13.2 Å². The van der Waals surface area contributed by atoms with Crippen molar-refractivity contribution in [1.29, 1.82) is 0 Å². The molecular formula is C24H27ClN4O3S. The van der Waals surface area contributed by atoms with Crippen LogP contribution in [0.1, 0.15) is 28.1 Å². The number of anilines is 1. The van der Waals surface area contributed by atoms with E-state index in [0.29, 0.717) is 10.7 Å². The maximum Gasteiger partial charge on any atom is 0.260 e. The van der Waals surface area contributed by atoms with Gasteiger partial charge in [0.05, 0.1) is 28.9 Å². The second kappa shape index (κ2) is 9.80. The molecule has 174 valence electrons. The average molecular weight is 487 g/mol. The third kappa shape index (κ3) is 5.64. The van der Waals surface area contributed by atoms with Gasteiger partial charge in [-0.05, 0) is 69.2 Å². The summed E-state index contributed by atoms with van der Waals surface area (Å²) in [6.07, 6.45) is 2.61. The smallest absolute Gasteiger partial charge is 0.260 e. The Kier molecular flexibility index (Phi) is 7.29. The van der Waals surface area contributed by atoms with E-state index in [1.165, 1.54) is 6.21 Å². The molecule has 0 aliphatic carbocycles. The number of benzene rings is 2. The van der Waals surface area contributed by atoms with Crippen molar-refractivity contribution in [1.82, 2.24) is 9.99 Å². The molecule has 0 saturated carbocycles. The minimum Gasteiger partial charge on any atom is -0.316 e. The Bertz CT molecular complexity index is 1330. The molecule has 1 amide bonds. The van der Waals surface area contributed by atoms with Crippen LogP contribution < -0.4 is 9.73 Å². The summed E-state index contributed by atoms with van der Waals surface area (Å²) in [5.74, 6) is -0.546. The molecule has 2 aromatic carbocycles. The van der Waals surface area contributed by atoms with Gasteiger partial charge in [0.2, 0.25) is 10.0 Å². The summed E-state index contributed by atoms with van der Waals surface area (Å²) < 4.78 is 27.7. The molecule has 3 aromatic rings. The lowest BCUT2D eigenvalue weighted by molar-refractivity contribution is -0.119. The first-order chi connectivity index (χ1) is 15.5. The number of sulfonamides is 1. The van der Waals surface area contributed by atoms with Crippen LogP contribution >= 0.6 is 11.6 Å². The van der Waals surface area contributed by atoms with Gasteiger partial charge in [0.15, 0.2) is 0 Å². The van der Waals surface area contributed by atoms with Gasteiger partial charge in [0, 0.05) is 17.0 Å². The fourth-order valence-electron chi connectivity index (χ4n) is 3.54. The number of rotatable bonds is 7. The number of hydrogen-bond donors (Lipinski definition) is 1. The fourth-order valence-corrected chi connectivity index (χ4v) is 4.61. The van der Waals surface area contributed by atoms with Crippen LogP contribution in [0.5, 0.6) is 0 Å². The minimum atomic E-state index is -3.66. The fraction of sp³-hybridized carbons (Fsp3) is 0.250. The largest absolute Gasteiger partial charge is 0.316 e. The number of aryl methyl sites for hydroxylation is 3. The maximum absolute atomic E-state index is 12.5. The lowest BCUT2D eigenvalue weighted by atomic mass is 10.1. The summed E-state index contributed by atoms with van der Waals surface area (Å²) >= 11 is 6.35. The van der Waals surface area contributed by atoms with Crippen LogP contribution in [0.2, 0.25) is 5.02 Å². The van der Waals surface area contributed by atoms with Crippen molar-refractivity contribution < 1.29 is 13.2 Å². The zero-order valence-corrected chi connectivity index (χ0v) is 20.8. The van der Waals surface area contributed by atoms with E-state index in [-0.39, 0.29) is 6.54 Å². The van der Waals surface area contributed by atoms with Crippen LogP contribution in [0.3, 0.4) is 0 Å². The second-order valence-corrected chi connectivity index (χ2v) is 10.3. The molecular weight excluding hydrogens is 460 g/mol. The predicted octanol–water partition coefficient (Wildman–Crippen LogP) is 4.28. The standard InChI is InChI=1S/C24H27ClN4O3S/c1-16-10-11-21(12-17(16)2)28(33(5,31)32)15-24(30)27-26-14-20-13-18(3)29(19(20)4)23-9-7-6-8-22(23)25/h6-14H,15H2,1-5H3,(H,27,30)/b26-14-. The predicted molar refractivity (Wildman–Crippen MR) is 134 cm³/mol. The summed E-state index contributed by atoms with van der Waals surface area (Å²) in [4.78, 5) is 12.5. The molecule has 1 heterocycles. The van der Waals surface area contributed by atoms with Gasteiger partial charge >= 0.3 is 0 Å². The number of amides is 1. The van der Waals surface area contributed by atoms with Crippen molar-refractivity contribution in [3.63, 3.8) is 0 Å². The van der Waals surface area contributed by atoms with E-state index in [0.717, 1.165) is 44.3 Å². The molecule has 3 rings (SSSR count). The number of nitrogens with zero attached hydrogens (tertiary/aromatic N) is 3. The highest BCUT2D eigenvalue weighted by atomic mass is 35.5. The zero-order chi connectivity index (χ0) is 24.3. The summed E-state index contributed by atoms with van der Waals surface area (Å²) in [6, 6.07) is 14.7. The molecule has 0 fully saturated rings. The minimum absolute atomic E-state index is 0.378. The first kappa shape index (κ1) is 24.5. The Labute approximate surface area is 199 Å². The monoisotopic (exact) mass is 486 g/mol. The third-order valence-corrected chi connectivity index (χ3v) is 6.88. The van der Waals surface area contributed by atoms with E-state index >= 15 is 0 Å². The molecule has 1 N–H and O–H groups in total. The molecule has 0 bridgehead atoms. The topological polar surface area (TPSA) is 83.8 Å². The summed E-state index contributed by atoms with van der Waals surface area (Å²) in [5.41, 5.74) is 8.37. The number of hydrogen-bond acceptors (Lipinski definition) is 4. The van der Waals surface area contributed by atoms with E-state index in [1.54, 1.807) is 12.1 Å². The van der Waals surface area contributed by atoms with E-state index in [2.05, 4.69) is 10.5 Å². The van der Waals surface area contributed by atoms with E-state index in [4.69, 9.17) is 11.6 Å². The van der Waals surface area contributed by atoms with E-state index in [1.807, 2.05) is 68.7 Å². The van der Waals surface area contributed by atoms with Crippen molar-refractivity contribution in [3.8, 4) is 5.69 Å². The van der Waals surface area contributed by atoms with Crippen LogP contribution in [-0.4, -0.2) is 37.9 Å². The van der Waals surface area contributed by atoms with Crippen molar-refractivity contribution in [3.05, 3.63) is 81.6 Å². The summed E-state index contributed by atoms with van der Waals surface area (Å²) in [5, 5.41) is 4.67. The van der Waals surface area contributed by atoms with Crippen LogP contribution in [0.4, 0.5) is 5.69 Å². The first-order valence-electron chi connectivity index (χ1n) is 10.3. The van der Waals surface area contributed by atoms with Gasteiger partial charge in [-0.15, -0.1) is 0 Å². The van der Waals surface area contributed by atoms with Gasteiger partial charge in [-0.2, -0.15) is 5.10 Å². The van der Waals surface area contributed by atoms with Crippen molar-refractivity contribution in [2.45, 2.75) is 27.7 Å². The average Bonchev–Trinajstić information content (AvgIpc) is 3.01. The van der Waals surface area contributed by atoms with Gasteiger partial charge in [0.25, 0.3) is 5.91 Å². The molecule has 33 heavy (non-hydrogen) atoms. The molecule has 0 radical (unpaired) electrons. The molecule has 9 heteroatoms. The number of carbonyl (C=O) groups excluding carboxylic acids is 1. The Morgan fingerprint density at radius 1 is 1.09 bits per heavy atom. The van der Waals surface area contributed by atoms with Crippen molar-refractivity contribution >= 4 is 39.4 Å². The highest BCUT2D eigenvalue weighted by molar-refractivity contribution is 7.92. The normalized spacial score (nSPS) is 11.7. The number of nitrogens with one attached hydrogen (secondary N) is 1. The van der Waals surface area contributed by atoms with Crippen molar-refractivity contribution in [2.24, 2.45) is 5.10 Å². The summed E-state index contributed by atoms with van der Waals surface area (Å²) in [7, 11) is -3.66. The number of para-hydroxylation sites is 1. The summed E-state index contributed by atoms with van der Waals surface area (Å²) in [6.45, 7) is 7.35. The zero-order valence-electron chi connectivity index (χ0n) is 19.3.